The highest BCUT2D eigenvalue weighted by Crippen LogP contribution is 2.19. The fraction of sp³-hybridized carbons (Fsp3) is 1.00. The van der Waals surface area contributed by atoms with E-state index in [0.717, 1.165) is 0 Å². The molecule has 0 atom stereocenters. The Hall–Kier alpha value is -0.180. The Morgan fingerprint density at radius 1 is 1.17 bits per heavy atom. The van der Waals surface area contributed by atoms with Gasteiger partial charge in [0.1, 0.15) is 0 Å². The van der Waals surface area contributed by atoms with E-state index in [9.17, 15) is 8.78 Å². The van der Waals surface area contributed by atoms with E-state index in [1.165, 1.54) is 0 Å². The number of halogens is 2. The molecule has 0 radical (unpaired) electrons. The summed E-state index contributed by atoms with van der Waals surface area (Å²) in [6.45, 7) is 7.20. The van der Waals surface area contributed by atoms with Crippen molar-refractivity contribution >= 4 is 0 Å². The zero-order chi connectivity index (χ0) is 9.83. The summed E-state index contributed by atoms with van der Waals surface area (Å²) in [7, 11) is 0. The maximum atomic E-state index is 12.9. The molecule has 0 saturated carbocycles. The van der Waals surface area contributed by atoms with Crippen molar-refractivity contribution in [1.82, 2.24) is 5.32 Å². The van der Waals surface area contributed by atoms with Crippen LogP contribution in [0.15, 0.2) is 0 Å². The van der Waals surface area contributed by atoms with E-state index in [-0.39, 0.29) is 18.5 Å². The highest BCUT2D eigenvalue weighted by molar-refractivity contribution is 4.76. The summed E-state index contributed by atoms with van der Waals surface area (Å²) in [6, 6.07) is 0. The first-order valence-electron chi connectivity index (χ1n) is 4.40. The summed E-state index contributed by atoms with van der Waals surface area (Å²) >= 11 is 0. The number of hydrogen-bond donors (Lipinski definition) is 1. The maximum Gasteiger partial charge on any atom is 0.260 e. The molecule has 0 aliphatic rings. The molecule has 3 heteroatoms. The van der Waals surface area contributed by atoms with Crippen LogP contribution in [-0.2, 0) is 0 Å². The lowest BCUT2D eigenvalue weighted by atomic mass is 10.1. The molecule has 0 aliphatic carbocycles. The molecule has 74 valence electrons. The topological polar surface area (TPSA) is 12.0 Å². The molecule has 1 nitrogen and oxygen atoms in total. The van der Waals surface area contributed by atoms with Crippen LogP contribution in [0.4, 0.5) is 8.78 Å². The van der Waals surface area contributed by atoms with Gasteiger partial charge in [-0.05, 0) is 20.8 Å². The predicted molar refractivity (Wildman–Crippen MR) is 47.6 cm³/mol. The van der Waals surface area contributed by atoms with Crippen molar-refractivity contribution in [1.29, 1.82) is 0 Å². The molecule has 0 aromatic carbocycles. The summed E-state index contributed by atoms with van der Waals surface area (Å²) in [5.41, 5.74) is -0.225. The van der Waals surface area contributed by atoms with Crippen LogP contribution in [0, 0.1) is 0 Å². The minimum absolute atomic E-state index is 0.0317. The summed E-state index contributed by atoms with van der Waals surface area (Å²) in [5, 5.41) is 2.80. The zero-order valence-corrected chi connectivity index (χ0v) is 8.38. The van der Waals surface area contributed by atoms with Gasteiger partial charge in [0.2, 0.25) is 0 Å². The minimum Gasteiger partial charge on any atom is -0.306 e. The number of nitrogens with one attached hydrogen (secondary N) is 1. The summed E-state index contributed by atoms with van der Waals surface area (Å²) < 4.78 is 25.8. The predicted octanol–water partition coefficient (Wildman–Crippen LogP) is 2.81. The van der Waals surface area contributed by atoms with E-state index in [1.54, 1.807) is 6.92 Å². The largest absolute Gasteiger partial charge is 0.306 e. The first-order valence-corrected chi connectivity index (χ1v) is 4.40. The van der Waals surface area contributed by atoms with Crippen molar-refractivity contribution in [2.24, 2.45) is 0 Å². The Bertz CT molecular complexity index is 127. The molecule has 0 aromatic heterocycles. The van der Waals surface area contributed by atoms with Gasteiger partial charge in [-0.15, -0.1) is 0 Å². The van der Waals surface area contributed by atoms with Crippen LogP contribution in [0.1, 0.15) is 40.5 Å². The first-order chi connectivity index (χ1) is 5.27. The fourth-order valence-electron chi connectivity index (χ4n) is 0.849. The highest BCUT2D eigenvalue weighted by atomic mass is 19.3. The molecular formula is C9H19F2N. The zero-order valence-electron chi connectivity index (χ0n) is 8.38. The molecule has 0 heterocycles. The molecule has 0 amide bonds. The Morgan fingerprint density at radius 2 is 1.67 bits per heavy atom. The third-order valence-corrected chi connectivity index (χ3v) is 1.49. The molecule has 0 aliphatic heterocycles. The van der Waals surface area contributed by atoms with Gasteiger partial charge in [0.25, 0.3) is 5.92 Å². The maximum absolute atomic E-state index is 12.9. The van der Waals surface area contributed by atoms with Crippen LogP contribution < -0.4 is 5.32 Å². The molecule has 0 aromatic rings. The van der Waals surface area contributed by atoms with Gasteiger partial charge in [-0.1, -0.05) is 13.3 Å². The third kappa shape index (κ3) is 6.53. The van der Waals surface area contributed by atoms with E-state index in [2.05, 4.69) is 5.32 Å². The lowest BCUT2D eigenvalue weighted by molar-refractivity contribution is -0.0121. The molecule has 0 unspecified atom stereocenters. The quantitative estimate of drug-likeness (QED) is 0.699. The van der Waals surface area contributed by atoms with E-state index in [0.29, 0.717) is 6.42 Å². The number of alkyl halides is 2. The van der Waals surface area contributed by atoms with E-state index in [1.807, 2.05) is 20.8 Å². The van der Waals surface area contributed by atoms with Crippen LogP contribution in [0.25, 0.3) is 0 Å². The Balaban J connectivity index is 3.75. The minimum atomic E-state index is -2.55. The monoisotopic (exact) mass is 179 g/mol. The molecular weight excluding hydrogens is 160 g/mol. The van der Waals surface area contributed by atoms with Crippen molar-refractivity contribution in [3.05, 3.63) is 0 Å². The first kappa shape index (κ1) is 11.8. The van der Waals surface area contributed by atoms with Crippen molar-refractivity contribution in [3.63, 3.8) is 0 Å². The fourth-order valence-corrected chi connectivity index (χ4v) is 0.849. The SMILES string of the molecule is CCCC(F)(F)CNC(C)(C)C. The van der Waals surface area contributed by atoms with Crippen LogP contribution in [0.3, 0.4) is 0 Å². The molecule has 0 saturated heterocycles. The van der Waals surface area contributed by atoms with Crippen LogP contribution in [0.5, 0.6) is 0 Å². The summed E-state index contributed by atoms with van der Waals surface area (Å²) in [4.78, 5) is 0. The van der Waals surface area contributed by atoms with Gasteiger partial charge in [-0.2, -0.15) is 0 Å². The van der Waals surface area contributed by atoms with Crippen molar-refractivity contribution in [2.75, 3.05) is 6.54 Å². The molecule has 0 rings (SSSR count). The summed E-state index contributed by atoms with van der Waals surface area (Å²) in [5.74, 6) is -2.55. The molecule has 1 N–H and O–H groups in total. The Labute approximate surface area is 73.5 Å². The number of rotatable bonds is 4. The van der Waals surface area contributed by atoms with Crippen molar-refractivity contribution in [2.45, 2.75) is 52.0 Å². The van der Waals surface area contributed by atoms with E-state index >= 15 is 0 Å². The van der Waals surface area contributed by atoms with Gasteiger partial charge >= 0.3 is 0 Å². The van der Waals surface area contributed by atoms with E-state index in [4.69, 9.17) is 0 Å². The molecule has 12 heavy (non-hydrogen) atoms. The average molecular weight is 179 g/mol. The molecule has 0 fully saturated rings. The number of hydrogen-bond acceptors (Lipinski definition) is 1. The standard InChI is InChI=1S/C9H19F2N/c1-5-6-9(10,11)7-12-8(2,3)4/h12H,5-7H2,1-4H3. The third-order valence-electron chi connectivity index (χ3n) is 1.49. The van der Waals surface area contributed by atoms with Crippen LogP contribution in [-0.4, -0.2) is 18.0 Å². The normalized spacial score (nSPS) is 13.5. The molecule has 0 spiro atoms. The summed E-state index contributed by atoms with van der Waals surface area (Å²) in [6.07, 6.45) is 0.495. The average Bonchev–Trinajstić information content (AvgIpc) is 1.83. The lowest BCUT2D eigenvalue weighted by Crippen LogP contribution is -2.43. The van der Waals surface area contributed by atoms with Gasteiger partial charge in [0.15, 0.2) is 0 Å². The van der Waals surface area contributed by atoms with Gasteiger partial charge in [-0.25, -0.2) is 8.78 Å². The second-order valence-electron chi connectivity index (χ2n) is 4.21. The van der Waals surface area contributed by atoms with Crippen molar-refractivity contribution < 1.29 is 8.78 Å². The second kappa shape index (κ2) is 4.17. The second-order valence-corrected chi connectivity index (χ2v) is 4.21. The Morgan fingerprint density at radius 3 is 2.00 bits per heavy atom. The van der Waals surface area contributed by atoms with Gasteiger partial charge in [0, 0.05) is 12.0 Å². The van der Waals surface area contributed by atoms with Crippen molar-refractivity contribution in [3.8, 4) is 0 Å². The van der Waals surface area contributed by atoms with Crippen LogP contribution >= 0.6 is 0 Å². The highest BCUT2D eigenvalue weighted by Gasteiger charge is 2.28. The van der Waals surface area contributed by atoms with Gasteiger partial charge in [0.05, 0.1) is 6.54 Å². The lowest BCUT2D eigenvalue weighted by Gasteiger charge is -2.24. The van der Waals surface area contributed by atoms with E-state index < -0.39 is 5.92 Å². The Kier molecular flexibility index (Phi) is 4.11. The van der Waals surface area contributed by atoms with Crippen LogP contribution in [0.2, 0.25) is 0 Å². The van der Waals surface area contributed by atoms with Gasteiger partial charge in [-0.3, -0.25) is 0 Å². The van der Waals surface area contributed by atoms with Gasteiger partial charge < -0.3 is 5.32 Å². The molecule has 0 bridgehead atoms. The smallest absolute Gasteiger partial charge is 0.260 e.